The number of piperidine rings is 1. The van der Waals surface area contributed by atoms with Gasteiger partial charge in [0.25, 0.3) is 10.0 Å². The number of nitrogens with zero attached hydrogens (tertiary/aromatic N) is 3. The van der Waals surface area contributed by atoms with Crippen molar-refractivity contribution in [1.29, 1.82) is 0 Å². The fourth-order valence-electron chi connectivity index (χ4n) is 3.27. The van der Waals surface area contributed by atoms with Crippen LogP contribution in [0.25, 0.3) is 0 Å². The summed E-state index contributed by atoms with van der Waals surface area (Å²) in [5, 5.41) is 12.0. The van der Waals surface area contributed by atoms with Gasteiger partial charge in [0.15, 0.2) is 0 Å². The molecule has 0 aliphatic carbocycles. The Balaban J connectivity index is 1.38. The predicted octanol–water partition coefficient (Wildman–Crippen LogP) is 2.90. The lowest BCUT2D eigenvalue weighted by molar-refractivity contribution is -0.121. The number of thiophene rings is 1. The van der Waals surface area contributed by atoms with E-state index in [4.69, 9.17) is 4.42 Å². The van der Waals surface area contributed by atoms with Crippen LogP contribution in [0.2, 0.25) is 0 Å². The number of amides is 1. The molecule has 0 spiro atoms. The molecule has 1 aliphatic rings. The Morgan fingerprint density at radius 2 is 2.07 bits per heavy atom. The van der Waals surface area contributed by atoms with Crippen molar-refractivity contribution in [3.63, 3.8) is 0 Å². The molecule has 1 fully saturated rings. The second-order valence-electron chi connectivity index (χ2n) is 6.93. The highest BCUT2D eigenvalue weighted by atomic mass is 32.2. The number of hydrogen-bond donors (Lipinski definition) is 1. The topological polar surface area (TPSA) is 105 Å². The molecule has 0 saturated carbocycles. The predicted molar refractivity (Wildman–Crippen MR) is 108 cm³/mol. The summed E-state index contributed by atoms with van der Waals surface area (Å²) in [7, 11) is -3.60. The van der Waals surface area contributed by atoms with Crippen LogP contribution >= 0.6 is 11.3 Å². The molecular weight excluding hydrogens is 431 g/mol. The molecule has 1 aliphatic heterocycles. The number of aromatic nitrogens is 2. The van der Waals surface area contributed by atoms with Crippen LogP contribution < -0.4 is 5.32 Å². The highest BCUT2D eigenvalue weighted by Gasteiger charge is 2.34. The van der Waals surface area contributed by atoms with E-state index in [1.807, 2.05) is 0 Å². The van der Waals surface area contributed by atoms with Gasteiger partial charge in [0.2, 0.25) is 11.8 Å². The number of halogens is 1. The molecule has 1 amide bonds. The second kappa shape index (κ2) is 8.62. The lowest BCUT2D eigenvalue weighted by Crippen LogP contribution is -2.43. The molecule has 1 N–H and O–H groups in total. The van der Waals surface area contributed by atoms with Crippen LogP contribution in [0.4, 0.5) is 10.4 Å². The van der Waals surface area contributed by atoms with Crippen LogP contribution in [0.15, 0.2) is 50.4 Å². The normalized spacial score (nSPS) is 17.7. The van der Waals surface area contributed by atoms with Crippen molar-refractivity contribution < 1.29 is 22.0 Å². The van der Waals surface area contributed by atoms with Crippen molar-refractivity contribution in [3.05, 3.63) is 59.0 Å². The Labute approximate surface area is 176 Å². The molecule has 8 nitrogen and oxygen atoms in total. The second-order valence-corrected chi connectivity index (χ2v) is 10.0. The minimum absolute atomic E-state index is 0.0460. The van der Waals surface area contributed by atoms with E-state index in [9.17, 15) is 17.6 Å². The molecular formula is C19H19FN4O4S2. The van der Waals surface area contributed by atoms with Gasteiger partial charge in [0, 0.05) is 13.1 Å². The van der Waals surface area contributed by atoms with E-state index in [2.05, 4.69) is 15.5 Å². The van der Waals surface area contributed by atoms with Gasteiger partial charge >= 0.3 is 6.01 Å². The van der Waals surface area contributed by atoms with Crippen molar-refractivity contribution in [2.24, 2.45) is 5.92 Å². The lowest BCUT2D eigenvalue weighted by atomic mass is 9.99. The summed E-state index contributed by atoms with van der Waals surface area (Å²) < 4.78 is 45.5. The van der Waals surface area contributed by atoms with Crippen LogP contribution in [-0.4, -0.2) is 41.9 Å². The third kappa shape index (κ3) is 4.58. The van der Waals surface area contributed by atoms with E-state index in [1.54, 1.807) is 29.6 Å². The molecule has 4 rings (SSSR count). The number of carbonyl (C=O) groups is 1. The molecule has 1 unspecified atom stereocenters. The largest absolute Gasteiger partial charge is 0.407 e. The number of anilines is 1. The summed E-state index contributed by atoms with van der Waals surface area (Å²) in [5.74, 6) is -0.929. The average Bonchev–Trinajstić information content (AvgIpc) is 3.43. The molecule has 1 aromatic carbocycles. The van der Waals surface area contributed by atoms with Gasteiger partial charge in [-0.05, 0) is 42.0 Å². The van der Waals surface area contributed by atoms with Gasteiger partial charge in [-0.1, -0.05) is 23.3 Å². The Morgan fingerprint density at radius 3 is 2.80 bits per heavy atom. The zero-order valence-corrected chi connectivity index (χ0v) is 17.5. The SMILES string of the molecule is O=C(Nc1nnc(Cc2ccc(F)cc2)o1)C1CCCN(S(=O)(=O)c2cccs2)C1. The fourth-order valence-corrected chi connectivity index (χ4v) is 5.94. The molecule has 0 bridgehead atoms. The van der Waals surface area contributed by atoms with E-state index in [0.29, 0.717) is 25.8 Å². The molecule has 3 aromatic rings. The summed E-state index contributed by atoms with van der Waals surface area (Å²) in [6.07, 6.45) is 1.46. The molecule has 3 heterocycles. The van der Waals surface area contributed by atoms with Gasteiger partial charge in [-0.3, -0.25) is 10.1 Å². The first-order valence-corrected chi connectivity index (χ1v) is 11.6. The monoisotopic (exact) mass is 450 g/mol. The molecule has 30 heavy (non-hydrogen) atoms. The number of benzene rings is 1. The summed E-state index contributed by atoms with van der Waals surface area (Å²) in [5.41, 5.74) is 0.791. The minimum Gasteiger partial charge on any atom is -0.407 e. The van der Waals surface area contributed by atoms with Gasteiger partial charge in [0.1, 0.15) is 10.0 Å². The lowest BCUT2D eigenvalue weighted by Gasteiger charge is -2.30. The smallest absolute Gasteiger partial charge is 0.322 e. The van der Waals surface area contributed by atoms with Crippen molar-refractivity contribution in [3.8, 4) is 0 Å². The Morgan fingerprint density at radius 1 is 1.27 bits per heavy atom. The quantitative estimate of drug-likeness (QED) is 0.619. The van der Waals surface area contributed by atoms with Gasteiger partial charge in [0.05, 0.1) is 12.3 Å². The highest BCUT2D eigenvalue weighted by molar-refractivity contribution is 7.91. The van der Waals surface area contributed by atoms with E-state index in [-0.39, 0.29) is 34.4 Å². The Hall–Kier alpha value is -2.63. The number of hydrogen-bond acceptors (Lipinski definition) is 7. The standard InChI is InChI=1S/C19H19FN4O4S2/c20-15-7-5-13(6-8-15)11-16-22-23-19(28-16)21-18(25)14-3-1-9-24(12-14)30(26,27)17-4-2-10-29-17/h2,4-8,10,14H,1,3,9,11-12H2,(H,21,23,25). The summed E-state index contributed by atoms with van der Waals surface area (Å²) >= 11 is 1.16. The summed E-state index contributed by atoms with van der Waals surface area (Å²) in [6, 6.07) is 9.11. The number of carbonyl (C=O) groups excluding carboxylic acids is 1. The van der Waals surface area contributed by atoms with Crippen LogP contribution in [0, 0.1) is 11.7 Å². The van der Waals surface area contributed by atoms with Crippen LogP contribution in [-0.2, 0) is 21.2 Å². The first kappa shape index (κ1) is 20.6. The van der Waals surface area contributed by atoms with Crippen molar-refractivity contribution in [1.82, 2.24) is 14.5 Å². The van der Waals surface area contributed by atoms with Crippen LogP contribution in [0.1, 0.15) is 24.3 Å². The Kier molecular flexibility index (Phi) is 5.93. The summed E-state index contributed by atoms with van der Waals surface area (Å²) in [6.45, 7) is 0.481. The van der Waals surface area contributed by atoms with E-state index >= 15 is 0 Å². The van der Waals surface area contributed by atoms with E-state index in [0.717, 1.165) is 16.9 Å². The van der Waals surface area contributed by atoms with Crippen LogP contribution in [0.3, 0.4) is 0 Å². The maximum Gasteiger partial charge on any atom is 0.322 e. The molecule has 158 valence electrons. The van der Waals surface area contributed by atoms with Gasteiger partial charge < -0.3 is 4.42 Å². The van der Waals surface area contributed by atoms with Crippen LogP contribution in [0.5, 0.6) is 0 Å². The van der Waals surface area contributed by atoms with Gasteiger partial charge in [-0.15, -0.1) is 16.4 Å². The van der Waals surface area contributed by atoms with Crippen molar-refractivity contribution >= 4 is 33.3 Å². The first-order valence-electron chi connectivity index (χ1n) is 9.33. The average molecular weight is 451 g/mol. The van der Waals surface area contributed by atoms with Crippen molar-refractivity contribution in [2.75, 3.05) is 18.4 Å². The fraction of sp³-hybridized carbons (Fsp3) is 0.316. The Bertz CT molecular complexity index is 1110. The third-order valence-electron chi connectivity index (χ3n) is 4.81. The molecule has 11 heteroatoms. The van der Waals surface area contributed by atoms with Gasteiger partial charge in [-0.25, -0.2) is 12.8 Å². The molecule has 0 radical (unpaired) electrons. The zero-order valence-electron chi connectivity index (χ0n) is 15.8. The zero-order chi connectivity index (χ0) is 21.1. The molecule has 1 atom stereocenters. The third-order valence-corrected chi connectivity index (χ3v) is 8.05. The van der Waals surface area contributed by atoms with Crippen molar-refractivity contribution in [2.45, 2.75) is 23.5 Å². The maximum atomic E-state index is 13.0. The molecule has 2 aromatic heterocycles. The van der Waals surface area contributed by atoms with E-state index in [1.165, 1.54) is 16.4 Å². The maximum absolute atomic E-state index is 13.0. The number of nitrogens with one attached hydrogen (secondary N) is 1. The highest BCUT2D eigenvalue weighted by Crippen LogP contribution is 2.27. The first-order chi connectivity index (χ1) is 14.4. The summed E-state index contributed by atoms with van der Waals surface area (Å²) in [4.78, 5) is 12.6. The minimum atomic E-state index is -3.60. The van der Waals surface area contributed by atoms with Gasteiger partial charge in [-0.2, -0.15) is 4.31 Å². The molecule has 1 saturated heterocycles. The number of rotatable bonds is 6. The van der Waals surface area contributed by atoms with E-state index < -0.39 is 15.9 Å². The number of sulfonamides is 1.